The minimum atomic E-state index is -4.89. The monoisotopic (exact) mass is 499 g/mol. The van der Waals surface area contributed by atoms with E-state index >= 15 is 0 Å². The van der Waals surface area contributed by atoms with Crippen LogP contribution in [-0.2, 0) is 6.18 Å². The third-order valence-electron chi connectivity index (χ3n) is 4.82. The van der Waals surface area contributed by atoms with E-state index in [0.717, 1.165) is 6.20 Å². The van der Waals surface area contributed by atoms with Gasteiger partial charge in [0.15, 0.2) is 11.5 Å². The van der Waals surface area contributed by atoms with Gasteiger partial charge in [0.05, 0.1) is 25.5 Å². The zero-order chi connectivity index (χ0) is 25.7. The van der Waals surface area contributed by atoms with Gasteiger partial charge in [-0.1, -0.05) is 0 Å². The molecule has 2 aromatic heterocycles. The lowest BCUT2D eigenvalue weighted by Gasteiger charge is -2.12. The van der Waals surface area contributed by atoms with Gasteiger partial charge in [-0.2, -0.15) is 18.3 Å². The van der Waals surface area contributed by atoms with Crippen molar-refractivity contribution in [2.24, 2.45) is 0 Å². The summed E-state index contributed by atoms with van der Waals surface area (Å²) in [4.78, 5) is 12.7. The van der Waals surface area contributed by atoms with Gasteiger partial charge in [0.2, 0.25) is 5.88 Å². The van der Waals surface area contributed by atoms with E-state index in [-0.39, 0.29) is 17.4 Å². The number of aromatic nitrogens is 4. The van der Waals surface area contributed by atoms with E-state index in [1.165, 1.54) is 31.4 Å². The lowest BCUT2D eigenvalue weighted by molar-refractivity contribution is -0.143. The molecule has 0 saturated heterocycles. The van der Waals surface area contributed by atoms with Crippen LogP contribution in [0.3, 0.4) is 0 Å². The SMILES string of the molecule is CCOc1ccc(Oc2ccc(NC(=O)c3cnn(-c4ccc(OC)nn4)c3C(F)(F)F)cc2)cc1. The first kappa shape index (κ1) is 24.5. The number of hydrogen-bond acceptors (Lipinski definition) is 7. The Morgan fingerprint density at radius 2 is 1.58 bits per heavy atom. The van der Waals surface area contributed by atoms with E-state index in [0.29, 0.717) is 28.5 Å². The lowest BCUT2D eigenvalue weighted by atomic mass is 10.2. The standard InChI is InChI=1S/C24H20F3N5O4/c1-3-35-16-8-10-18(11-9-16)36-17-6-4-15(5-7-17)29-23(33)19-14-28-32(22(19)24(25,26)27)20-12-13-21(34-2)31-30-20/h4-14H,3H2,1-2H3,(H,29,33). The zero-order valence-corrected chi connectivity index (χ0v) is 19.1. The molecule has 36 heavy (non-hydrogen) atoms. The summed E-state index contributed by atoms with van der Waals surface area (Å²) in [7, 11) is 1.35. The molecule has 0 spiro atoms. The molecular formula is C24H20F3N5O4. The minimum absolute atomic E-state index is 0.118. The second kappa shape index (κ2) is 10.3. The molecule has 0 aliphatic carbocycles. The third-order valence-corrected chi connectivity index (χ3v) is 4.82. The molecule has 0 unspecified atom stereocenters. The fourth-order valence-electron chi connectivity index (χ4n) is 3.21. The average molecular weight is 499 g/mol. The van der Waals surface area contributed by atoms with Gasteiger partial charge < -0.3 is 19.5 Å². The van der Waals surface area contributed by atoms with Crippen LogP contribution >= 0.6 is 0 Å². The average Bonchev–Trinajstić information content (AvgIpc) is 3.33. The quantitative estimate of drug-likeness (QED) is 0.359. The van der Waals surface area contributed by atoms with Crippen molar-refractivity contribution < 1.29 is 32.2 Å². The van der Waals surface area contributed by atoms with Gasteiger partial charge >= 0.3 is 6.18 Å². The molecule has 4 aromatic rings. The number of hydrogen-bond donors (Lipinski definition) is 1. The van der Waals surface area contributed by atoms with Crippen LogP contribution in [0.4, 0.5) is 18.9 Å². The van der Waals surface area contributed by atoms with Gasteiger partial charge in [-0.15, -0.1) is 10.2 Å². The van der Waals surface area contributed by atoms with Gasteiger partial charge in [-0.3, -0.25) is 4.79 Å². The Bertz CT molecular complexity index is 1320. The number of nitrogens with zero attached hydrogens (tertiary/aromatic N) is 4. The first-order valence-corrected chi connectivity index (χ1v) is 10.6. The van der Waals surface area contributed by atoms with Crippen LogP contribution in [0.1, 0.15) is 23.0 Å². The first-order valence-electron chi connectivity index (χ1n) is 10.6. The summed E-state index contributed by atoms with van der Waals surface area (Å²) in [5.74, 6) is 0.655. The Morgan fingerprint density at radius 1 is 0.944 bits per heavy atom. The fraction of sp³-hybridized carbons (Fsp3) is 0.167. The molecular weight excluding hydrogens is 479 g/mol. The molecule has 2 aromatic carbocycles. The number of methoxy groups -OCH3 is 1. The maximum Gasteiger partial charge on any atom is 0.434 e. The van der Waals surface area contributed by atoms with Crippen molar-refractivity contribution in [1.29, 1.82) is 0 Å². The van der Waals surface area contributed by atoms with Crippen molar-refractivity contribution in [1.82, 2.24) is 20.0 Å². The number of halogens is 3. The Labute approximate surface area is 203 Å². The van der Waals surface area contributed by atoms with Crippen molar-refractivity contribution in [2.45, 2.75) is 13.1 Å². The normalized spacial score (nSPS) is 11.1. The van der Waals surface area contributed by atoms with E-state index in [1.54, 1.807) is 36.4 Å². The smallest absolute Gasteiger partial charge is 0.434 e. The molecule has 1 N–H and O–H groups in total. The molecule has 12 heteroatoms. The number of carbonyl (C=O) groups excluding carboxylic acids is 1. The molecule has 186 valence electrons. The zero-order valence-electron chi connectivity index (χ0n) is 19.1. The molecule has 0 radical (unpaired) electrons. The summed E-state index contributed by atoms with van der Waals surface area (Å²) in [6.45, 7) is 2.44. The molecule has 0 saturated carbocycles. The van der Waals surface area contributed by atoms with Crippen molar-refractivity contribution in [3.05, 3.63) is 78.1 Å². The summed E-state index contributed by atoms with van der Waals surface area (Å²) in [6.07, 6.45) is -4.06. The highest BCUT2D eigenvalue weighted by Crippen LogP contribution is 2.34. The van der Waals surface area contributed by atoms with Gasteiger partial charge in [-0.25, -0.2) is 4.68 Å². The van der Waals surface area contributed by atoms with Gasteiger partial charge in [0.1, 0.15) is 17.2 Å². The molecule has 2 heterocycles. The molecule has 0 fully saturated rings. The number of amides is 1. The number of benzene rings is 2. The Morgan fingerprint density at radius 3 is 2.14 bits per heavy atom. The van der Waals surface area contributed by atoms with Crippen molar-refractivity contribution >= 4 is 11.6 Å². The number of alkyl halides is 3. The Hall–Kier alpha value is -4.61. The maximum atomic E-state index is 13.9. The molecule has 0 aliphatic rings. The predicted octanol–water partition coefficient (Wildman–Crippen LogP) is 5.13. The van der Waals surface area contributed by atoms with Gasteiger partial charge in [0, 0.05) is 11.8 Å². The molecule has 0 aliphatic heterocycles. The number of nitrogens with one attached hydrogen (secondary N) is 1. The van der Waals surface area contributed by atoms with Crippen LogP contribution in [0, 0.1) is 0 Å². The number of carbonyl (C=O) groups is 1. The summed E-state index contributed by atoms with van der Waals surface area (Å²) in [5.41, 5.74) is -1.69. The second-order valence-corrected chi connectivity index (χ2v) is 7.24. The number of ether oxygens (including phenoxy) is 3. The van der Waals surface area contributed by atoms with Crippen LogP contribution in [-0.4, -0.2) is 39.6 Å². The summed E-state index contributed by atoms with van der Waals surface area (Å²) < 4.78 is 58.1. The topological polar surface area (TPSA) is 100 Å². The van der Waals surface area contributed by atoms with Crippen LogP contribution in [0.15, 0.2) is 66.9 Å². The van der Waals surface area contributed by atoms with E-state index in [2.05, 4.69) is 20.6 Å². The van der Waals surface area contributed by atoms with Crippen LogP contribution in [0.2, 0.25) is 0 Å². The highest BCUT2D eigenvalue weighted by Gasteiger charge is 2.41. The van der Waals surface area contributed by atoms with E-state index in [1.807, 2.05) is 6.92 Å². The van der Waals surface area contributed by atoms with Crippen molar-refractivity contribution in [3.63, 3.8) is 0 Å². The summed E-state index contributed by atoms with van der Waals surface area (Å²) in [6, 6.07) is 15.8. The third kappa shape index (κ3) is 5.54. The minimum Gasteiger partial charge on any atom is -0.494 e. The van der Waals surface area contributed by atoms with Gasteiger partial charge in [0.25, 0.3) is 5.91 Å². The van der Waals surface area contributed by atoms with Crippen molar-refractivity contribution in [2.75, 3.05) is 19.0 Å². The van der Waals surface area contributed by atoms with Crippen LogP contribution in [0.5, 0.6) is 23.1 Å². The summed E-state index contributed by atoms with van der Waals surface area (Å²) >= 11 is 0. The van der Waals surface area contributed by atoms with E-state index in [4.69, 9.17) is 14.2 Å². The molecule has 1 amide bonds. The Balaban J connectivity index is 1.50. The summed E-state index contributed by atoms with van der Waals surface area (Å²) in [5, 5.41) is 13.5. The second-order valence-electron chi connectivity index (χ2n) is 7.24. The molecule has 0 bridgehead atoms. The highest BCUT2D eigenvalue weighted by atomic mass is 19.4. The molecule has 9 nitrogen and oxygen atoms in total. The van der Waals surface area contributed by atoms with Crippen LogP contribution < -0.4 is 19.5 Å². The largest absolute Gasteiger partial charge is 0.494 e. The maximum absolute atomic E-state index is 13.9. The van der Waals surface area contributed by atoms with E-state index < -0.39 is 23.3 Å². The van der Waals surface area contributed by atoms with Crippen molar-refractivity contribution in [3.8, 4) is 28.9 Å². The lowest BCUT2D eigenvalue weighted by Crippen LogP contribution is -2.21. The molecule has 4 rings (SSSR count). The first-order chi connectivity index (χ1) is 17.3. The van der Waals surface area contributed by atoms with E-state index in [9.17, 15) is 18.0 Å². The Kier molecular flexibility index (Phi) is 7.04. The van der Waals surface area contributed by atoms with Crippen LogP contribution in [0.25, 0.3) is 5.82 Å². The number of rotatable bonds is 8. The predicted molar refractivity (Wildman–Crippen MR) is 123 cm³/mol. The molecule has 0 atom stereocenters. The highest BCUT2D eigenvalue weighted by molar-refractivity contribution is 6.05. The number of anilines is 1. The van der Waals surface area contributed by atoms with Gasteiger partial charge in [-0.05, 0) is 61.5 Å². The fourth-order valence-corrected chi connectivity index (χ4v) is 3.21.